The zero-order chi connectivity index (χ0) is 20.5. The van der Waals surface area contributed by atoms with E-state index in [1.807, 2.05) is 24.3 Å². The van der Waals surface area contributed by atoms with Gasteiger partial charge in [0.15, 0.2) is 11.7 Å². The summed E-state index contributed by atoms with van der Waals surface area (Å²) in [6.07, 6.45) is 4.95. The molecule has 0 aliphatic carbocycles. The fraction of sp³-hybridized carbons (Fsp3) is 0.455. The van der Waals surface area contributed by atoms with E-state index in [0.717, 1.165) is 62.1 Å². The fourth-order valence-electron chi connectivity index (χ4n) is 3.39. The Hall–Kier alpha value is -2.07. The van der Waals surface area contributed by atoms with Crippen LogP contribution in [0.1, 0.15) is 35.4 Å². The minimum absolute atomic E-state index is 0. The summed E-state index contributed by atoms with van der Waals surface area (Å²) < 4.78 is 10.5. The Balaban J connectivity index is 0.00000320. The second kappa shape index (κ2) is 12.6. The van der Waals surface area contributed by atoms with E-state index in [0.29, 0.717) is 12.3 Å². The summed E-state index contributed by atoms with van der Waals surface area (Å²) >= 11 is 0. The molecule has 0 radical (unpaired) electrons. The summed E-state index contributed by atoms with van der Waals surface area (Å²) in [6.45, 7) is 3.42. The number of carbonyl (C=O) groups is 1. The lowest BCUT2D eigenvalue weighted by atomic mass is 9.96. The van der Waals surface area contributed by atoms with Gasteiger partial charge in [-0.25, -0.2) is 0 Å². The second-order valence-corrected chi connectivity index (χ2v) is 7.30. The fourth-order valence-corrected chi connectivity index (χ4v) is 3.39. The van der Waals surface area contributed by atoms with Crippen LogP contribution < -0.4 is 10.6 Å². The van der Waals surface area contributed by atoms with Gasteiger partial charge < -0.3 is 24.7 Å². The lowest BCUT2D eigenvalue weighted by Gasteiger charge is -2.26. The number of hydrogen-bond donors (Lipinski definition) is 2. The Morgan fingerprint density at radius 1 is 1.20 bits per heavy atom. The largest absolute Gasteiger partial charge is 0.459 e. The van der Waals surface area contributed by atoms with Crippen LogP contribution in [0.3, 0.4) is 0 Å². The number of guanidine groups is 1. The van der Waals surface area contributed by atoms with Gasteiger partial charge in [0, 0.05) is 46.1 Å². The highest BCUT2D eigenvalue weighted by atomic mass is 127. The second-order valence-electron chi connectivity index (χ2n) is 7.30. The number of hydrogen-bond acceptors (Lipinski definition) is 4. The van der Waals surface area contributed by atoms with Crippen molar-refractivity contribution < 1.29 is 13.9 Å². The van der Waals surface area contributed by atoms with Gasteiger partial charge >= 0.3 is 0 Å². The van der Waals surface area contributed by atoms with Crippen molar-refractivity contribution in [3.05, 3.63) is 54.0 Å². The number of nitrogens with zero attached hydrogens (tertiary/aromatic N) is 2. The van der Waals surface area contributed by atoms with E-state index < -0.39 is 0 Å². The Kier molecular flexibility index (Phi) is 10.2. The SMILES string of the molecule is CN=C(NCc1ccc(NC(=O)c2ccco2)cc1)N(C)CCC1CCOCC1.I. The van der Waals surface area contributed by atoms with Crippen molar-refractivity contribution >= 4 is 41.5 Å². The first-order valence-electron chi connectivity index (χ1n) is 10.1. The minimum Gasteiger partial charge on any atom is -0.459 e. The Morgan fingerprint density at radius 3 is 2.57 bits per heavy atom. The molecule has 1 amide bonds. The van der Waals surface area contributed by atoms with Gasteiger partial charge in [-0.3, -0.25) is 9.79 Å². The predicted octanol–water partition coefficient (Wildman–Crippen LogP) is 3.97. The van der Waals surface area contributed by atoms with Crippen molar-refractivity contribution in [3.63, 3.8) is 0 Å². The van der Waals surface area contributed by atoms with E-state index in [1.54, 1.807) is 19.2 Å². The zero-order valence-corrected chi connectivity index (χ0v) is 19.9. The highest BCUT2D eigenvalue weighted by molar-refractivity contribution is 14.0. The molecule has 2 aromatic rings. The van der Waals surface area contributed by atoms with Gasteiger partial charge in [0.1, 0.15) is 0 Å². The molecule has 2 N–H and O–H groups in total. The third-order valence-corrected chi connectivity index (χ3v) is 5.19. The van der Waals surface area contributed by atoms with Crippen LogP contribution >= 0.6 is 24.0 Å². The first-order chi connectivity index (χ1) is 14.2. The number of benzene rings is 1. The van der Waals surface area contributed by atoms with E-state index in [1.165, 1.54) is 6.26 Å². The maximum Gasteiger partial charge on any atom is 0.291 e. The van der Waals surface area contributed by atoms with Gasteiger partial charge in [-0.05, 0) is 55.0 Å². The summed E-state index contributed by atoms with van der Waals surface area (Å²) in [4.78, 5) is 18.6. The van der Waals surface area contributed by atoms with Crippen LogP contribution in [0.15, 0.2) is 52.1 Å². The molecule has 0 bridgehead atoms. The van der Waals surface area contributed by atoms with Gasteiger partial charge in [0.25, 0.3) is 5.91 Å². The molecule has 1 aliphatic rings. The molecular weight excluding hydrogens is 495 g/mol. The molecule has 0 atom stereocenters. The van der Waals surface area contributed by atoms with E-state index in [-0.39, 0.29) is 29.9 Å². The zero-order valence-electron chi connectivity index (χ0n) is 17.6. The van der Waals surface area contributed by atoms with E-state index in [9.17, 15) is 4.79 Å². The van der Waals surface area contributed by atoms with Gasteiger partial charge in [0.2, 0.25) is 0 Å². The predicted molar refractivity (Wildman–Crippen MR) is 130 cm³/mol. The maximum absolute atomic E-state index is 12.0. The third kappa shape index (κ3) is 7.32. The van der Waals surface area contributed by atoms with Crippen LogP contribution in [0, 0.1) is 5.92 Å². The number of aliphatic imine (C=N–C) groups is 1. The molecule has 1 fully saturated rings. The molecule has 1 aromatic heterocycles. The van der Waals surface area contributed by atoms with Gasteiger partial charge in [-0.2, -0.15) is 0 Å². The van der Waals surface area contributed by atoms with Gasteiger partial charge in [0.05, 0.1) is 6.26 Å². The number of halogens is 1. The van der Waals surface area contributed by atoms with E-state index >= 15 is 0 Å². The summed E-state index contributed by atoms with van der Waals surface area (Å²) in [5.41, 5.74) is 1.84. The highest BCUT2D eigenvalue weighted by Gasteiger charge is 2.15. The number of anilines is 1. The van der Waals surface area contributed by atoms with Crippen LogP contribution in [0.5, 0.6) is 0 Å². The maximum atomic E-state index is 12.0. The Labute approximate surface area is 195 Å². The molecule has 7 nitrogen and oxygen atoms in total. The van der Waals surface area contributed by atoms with Gasteiger partial charge in [-0.15, -0.1) is 24.0 Å². The van der Waals surface area contributed by atoms with Crippen LogP contribution in [-0.2, 0) is 11.3 Å². The molecule has 0 saturated carbocycles. The Morgan fingerprint density at radius 2 is 1.93 bits per heavy atom. The molecule has 3 rings (SSSR count). The van der Waals surface area contributed by atoms with Crippen LogP contribution in [-0.4, -0.2) is 50.6 Å². The average molecular weight is 526 g/mol. The summed E-state index contributed by atoms with van der Waals surface area (Å²) in [6, 6.07) is 11.1. The number of nitrogens with one attached hydrogen (secondary N) is 2. The van der Waals surface area contributed by atoms with Gasteiger partial charge in [-0.1, -0.05) is 12.1 Å². The molecule has 0 spiro atoms. The summed E-state index contributed by atoms with van der Waals surface area (Å²) in [7, 11) is 3.88. The van der Waals surface area contributed by atoms with E-state index in [4.69, 9.17) is 9.15 Å². The number of rotatable bonds is 7. The molecule has 0 unspecified atom stereocenters. The van der Waals surface area contributed by atoms with Crippen LogP contribution in [0.25, 0.3) is 0 Å². The van der Waals surface area contributed by atoms with Crippen molar-refractivity contribution in [1.82, 2.24) is 10.2 Å². The number of ether oxygens (including phenoxy) is 1. The molecule has 8 heteroatoms. The third-order valence-electron chi connectivity index (χ3n) is 5.19. The molecule has 1 aromatic carbocycles. The van der Waals surface area contributed by atoms with Crippen molar-refractivity contribution in [3.8, 4) is 0 Å². The van der Waals surface area contributed by atoms with Crippen LogP contribution in [0.4, 0.5) is 5.69 Å². The monoisotopic (exact) mass is 526 g/mol. The molecule has 1 saturated heterocycles. The normalized spacial score (nSPS) is 14.7. The number of furan rings is 1. The average Bonchev–Trinajstić information content (AvgIpc) is 3.30. The number of carbonyl (C=O) groups excluding carboxylic acids is 1. The summed E-state index contributed by atoms with van der Waals surface area (Å²) in [5, 5.41) is 6.22. The quantitative estimate of drug-likeness (QED) is 0.324. The lowest BCUT2D eigenvalue weighted by Crippen LogP contribution is -2.39. The van der Waals surface area contributed by atoms with Crippen molar-refractivity contribution in [2.24, 2.45) is 10.9 Å². The first-order valence-corrected chi connectivity index (χ1v) is 10.1. The van der Waals surface area contributed by atoms with Crippen molar-refractivity contribution in [2.45, 2.75) is 25.8 Å². The van der Waals surface area contributed by atoms with Crippen LogP contribution in [0.2, 0.25) is 0 Å². The molecule has 2 heterocycles. The minimum atomic E-state index is -0.257. The van der Waals surface area contributed by atoms with Crippen molar-refractivity contribution in [1.29, 1.82) is 0 Å². The standard InChI is InChI=1S/C22H30N4O3.HI/c1-23-22(26(2)12-9-17-10-14-28-15-11-17)24-16-18-5-7-19(8-6-18)25-21(27)20-4-3-13-29-20;/h3-8,13,17H,9-12,14-16H2,1-2H3,(H,23,24)(H,25,27);1H. The summed E-state index contributed by atoms with van der Waals surface area (Å²) in [5.74, 6) is 1.66. The van der Waals surface area contributed by atoms with E-state index in [2.05, 4.69) is 27.6 Å². The highest BCUT2D eigenvalue weighted by Crippen LogP contribution is 2.18. The number of amides is 1. The van der Waals surface area contributed by atoms with Crippen molar-refractivity contribution in [2.75, 3.05) is 39.2 Å². The molecule has 1 aliphatic heterocycles. The molecule has 164 valence electrons. The smallest absolute Gasteiger partial charge is 0.291 e. The topological polar surface area (TPSA) is 79.1 Å². The molecular formula is C22H31IN4O3. The first kappa shape index (κ1) is 24.2. The Bertz CT molecular complexity index is 787. The lowest BCUT2D eigenvalue weighted by molar-refractivity contribution is 0.0625. The molecule has 30 heavy (non-hydrogen) atoms.